The van der Waals surface area contributed by atoms with Gasteiger partial charge >= 0.3 is 0 Å². The van der Waals surface area contributed by atoms with Gasteiger partial charge in [0.15, 0.2) is 0 Å². The van der Waals surface area contributed by atoms with Crippen LogP contribution in [0, 0.1) is 0 Å². The van der Waals surface area contributed by atoms with Crippen LogP contribution in [-0.4, -0.2) is 59.7 Å². The minimum absolute atomic E-state index is 0.237. The number of aliphatic carboxylic acids is 2. The zero-order chi connectivity index (χ0) is 15.1. The molecule has 0 N–H and O–H groups in total. The van der Waals surface area contributed by atoms with E-state index in [4.69, 9.17) is 0 Å². The maximum Gasteiger partial charge on any atom is 0.246 e. The summed E-state index contributed by atoms with van der Waals surface area (Å²) in [7, 11) is 0. The number of nitrogens with zero attached hydrogens (tertiary/aromatic N) is 2. The summed E-state index contributed by atoms with van der Waals surface area (Å²) in [5, 5.41) is 20.3. The van der Waals surface area contributed by atoms with E-state index in [1.165, 1.54) is 9.80 Å². The zero-order valence-electron chi connectivity index (χ0n) is 10.5. The standard InChI is InChI=1S/C12H14N2O6/c15-9(1-3-11(17)18)13-5-7-14(8-6-13)10(16)2-4-12(19)20/h1-4H,5-8H2,(H,17,18)(H,19,20)/p-2/b3-1+,4-2+. The van der Waals surface area contributed by atoms with Crippen molar-refractivity contribution >= 4 is 23.8 Å². The summed E-state index contributed by atoms with van der Waals surface area (Å²) in [6.45, 7) is 0.949. The van der Waals surface area contributed by atoms with E-state index in [1.807, 2.05) is 0 Å². The van der Waals surface area contributed by atoms with Crippen LogP contribution in [0.25, 0.3) is 0 Å². The van der Waals surface area contributed by atoms with Gasteiger partial charge in [0.05, 0.1) is 11.9 Å². The highest BCUT2D eigenvalue weighted by Gasteiger charge is 2.21. The molecule has 2 amide bonds. The average Bonchev–Trinajstić information content (AvgIpc) is 2.42. The van der Waals surface area contributed by atoms with E-state index in [0.29, 0.717) is 12.2 Å². The number of carbonyl (C=O) groups is 4. The number of hydrogen-bond acceptors (Lipinski definition) is 6. The van der Waals surface area contributed by atoms with E-state index >= 15 is 0 Å². The van der Waals surface area contributed by atoms with E-state index in [2.05, 4.69) is 0 Å². The van der Waals surface area contributed by atoms with Gasteiger partial charge in [0.2, 0.25) is 11.8 Å². The first-order valence-corrected chi connectivity index (χ1v) is 5.76. The highest BCUT2D eigenvalue weighted by Crippen LogP contribution is 2.03. The summed E-state index contributed by atoms with van der Waals surface area (Å²) < 4.78 is 0. The maximum absolute atomic E-state index is 11.5. The van der Waals surface area contributed by atoms with Gasteiger partial charge in [-0.3, -0.25) is 9.59 Å². The minimum Gasteiger partial charge on any atom is -0.545 e. The number of carboxylic acid groups (broad SMARTS) is 2. The molecule has 0 aromatic heterocycles. The van der Waals surface area contributed by atoms with Crippen LogP contribution >= 0.6 is 0 Å². The molecule has 0 unspecified atom stereocenters. The number of amides is 2. The van der Waals surface area contributed by atoms with E-state index in [9.17, 15) is 29.4 Å². The Kier molecular flexibility index (Phi) is 5.45. The van der Waals surface area contributed by atoms with Crippen molar-refractivity contribution in [1.82, 2.24) is 9.80 Å². The Bertz CT molecular complexity index is 430. The second-order valence-corrected chi connectivity index (χ2v) is 3.96. The van der Waals surface area contributed by atoms with Crippen molar-refractivity contribution in [2.45, 2.75) is 0 Å². The Hall–Kier alpha value is -2.64. The molecule has 108 valence electrons. The summed E-state index contributed by atoms with van der Waals surface area (Å²) in [5.74, 6) is -3.88. The van der Waals surface area contributed by atoms with Crippen LogP contribution in [0.1, 0.15) is 0 Å². The highest BCUT2D eigenvalue weighted by atomic mass is 16.4. The van der Waals surface area contributed by atoms with Crippen molar-refractivity contribution in [2.24, 2.45) is 0 Å². The number of piperazine rings is 1. The van der Waals surface area contributed by atoms with Gasteiger partial charge in [-0.05, 0) is 12.2 Å². The third kappa shape index (κ3) is 4.92. The van der Waals surface area contributed by atoms with E-state index in [-0.39, 0.29) is 26.2 Å². The van der Waals surface area contributed by atoms with Crippen LogP contribution in [0.5, 0.6) is 0 Å². The smallest absolute Gasteiger partial charge is 0.246 e. The van der Waals surface area contributed by atoms with Gasteiger partial charge < -0.3 is 29.6 Å². The molecule has 20 heavy (non-hydrogen) atoms. The summed E-state index contributed by atoms with van der Waals surface area (Å²) in [6.07, 6.45) is 3.07. The van der Waals surface area contributed by atoms with Crippen LogP contribution in [-0.2, 0) is 19.2 Å². The van der Waals surface area contributed by atoms with E-state index in [0.717, 1.165) is 12.2 Å². The molecule has 0 bridgehead atoms. The molecule has 1 aliphatic rings. The molecular weight excluding hydrogens is 268 g/mol. The van der Waals surface area contributed by atoms with Crippen LogP contribution < -0.4 is 10.2 Å². The van der Waals surface area contributed by atoms with Gasteiger partial charge in [-0.15, -0.1) is 0 Å². The number of hydrogen-bond donors (Lipinski definition) is 0. The van der Waals surface area contributed by atoms with Crippen LogP contribution in [0.2, 0.25) is 0 Å². The predicted octanol–water partition coefficient (Wildman–Crippen LogP) is -3.73. The lowest BCUT2D eigenvalue weighted by atomic mass is 10.3. The minimum atomic E-state index is -1.46. The first kappa shape index (κ1) is 15.4. The number of carboxylic acids is 2. The third-order valence-electron chi connectivity index (χ3n) is 2.63. The first-order chi connectivity index (χ1) is 9.40. The molecule has 8 heteroatoms. The van der Waals surface area contributed by atoms with Crippen molar-refractivity contribution in [2.75, 3.05) is 26.2 Å². The molecule has 0 saturated carbocycles. The Morgan fingerprint density at radius 2 is 0.950 bits per heavy atom. The fraction of sp³-hybridized carbons (Fsp3) is 0.333. The molecule has 1 fully saturated rings. The Balaban J connectivity index is 2.47. The second kappa shape index (κ2) is 7.07. The lowest BCUT2D eigenvalue weighted by molar-refractivity contribution is -0.298. The molecule has 0 aromatic rings. The fourth-order valence-electron chi connectivity index (χ4n) is 1.64. The first-order valence-electron chi connectivity index (χ1n) is 5.76. The SMILES string of the molecule is O=C([O-])/C=C/C(=O)N1CCN(C(=O)/C=C/C(=O)[O-])CC1. The lowest BCUT2D eigenvalue weighted by Gasteiger charge is -2.33. The highest BCUT2D eigenvalue weighted by molar-refractivity contribution is 5.94. The Morgan fingerprint density at radius 3 is 1.20 bits per heavy atom. The number of carbonyl (C=O) groups excluding carboxylic acids is 4. The van der Waals surface area contributed by atoms with Crippen molar-refractivity contribution in [3.05, 3.63) is 24.3 Å². The molecular formula is C12H12N2O6-2. The molecule has 0 aliphatic carbocycles. The molecule has 0 spiro atoms. The molecule has 1 aliphatic heterocycles. The quantitative estimate of drug-likeness (QED) is 0.488. The molecule has 1 saturated heterocycles. The molecule has 1 heterocycles. The molecule has 0 atom stereocenters. The van der Waals surface area contributed by atoms with Crippen LogP contribution in [0.4, 0.5) is 0 Å². The van der Waals surface area contributed by atoms with Gasteiger partial charge in [0, 0.05) is 38.3 Å². The monoisotopic (exact) mass is 280 g/mol. The van der Waals surface area contributed by atoms with Crippen LogP contribution in [0.3, 0.4) is 0 Å². The van der Waals surface area contributed by atoms with Gasteiger partial charge in [-0.25, -0.2) is 0 Å². The van der Waals surface area contributed by atoms with Crippen molar-refractivity contribution in [3.63, 3.8) is 0 Å². The predicted molar refractivity (Wildman–Crippen MR) is 61.5 cm³/mol. The van der Waals surface area contributed by atoms with Gasteiger partial charge in [0.1, 0.15) is 0 Å². The molecule has 8 nitrogen and oxygen atoms in total. The Labute approximate surface area is 114 Å². The van der Waals surface area contributed by atoms with Crippen molar-refractivity contribution in [3.8, 4) is 0 Å². The second-order valence-electron chi connectivity index (χ2n) is 3.96. The van der Waals surface area contributed by atoms with Gasteiger partial charge in [-0.1, -0.05) is 0 Å². The third-order valence-corrected chi connectivity index (χ3v) is 2.63. The normalized spacial score (nSPS) is 15.8. The van der Waals surface area contributed by atoms with E-state index in [1.54, 1.807) is 0 Å². The summed E-state index contributed by atoms with van der Waals surface area (Å²) in [6, 6.07) is 0. The lowest BCUT2D eigenvalue weighted by Crippen LogP contribution is -2.50. The summed E-state index contributed by atoms with van der Waals surface area (Å²) >= 11 is 0. The van der Waals surface area contributed by atoms with Crippen molar-refractivity contribution in [1.29, 1.82) is 0 Å². The zero-order valence-corrected chi connectivity index (χ0v) is 10.5. The summed E-state index contributed by atoms with van der Waals surface area (Å²) in [4.78, 5) is 46.2. The number of rotatable bonds is 4. The fourth-order valence-corrected chi connectivity index (χ4v) is 1.64. The van der Waals surface area contributed by atoms with E-state index < -0.39 is 23.8 Å². The average molecular weight is 280 g/mol. The molecule has 0 radical (unpaired) electrons. The molecule has 1 rings (SSSR count). The topological polar surface area (TPSA) is 121 Å². The van der Waals surface area contributed by atoms with Crippen LogP contribution in [0.15, 0.2) is 24.3 Å². The Morgan fingerprint density at radius 1 is 0.650 bits per heavy atom. The maximum atomic E-state index is 11.5. The van der Waals surface area contributed by atoms with Crippen molar-refractivity contribution < 1.29 is 29.4 Å². The van der Waals surface area contributed by atoms with Gasteiger partial charge in [0.25, 0.3) is 0 Å². The largest absolute Gasteiger partial charge is 0.545 e. The van der Waals surface area contributed by atoms with Gasteiger partial charge in [-0.2, -0.15) is 0 Å². The molecule has 0 aromatic carbocycles. The summed E-state index contributed by atoms with van der Waals surface area (Å²) in [5.41, 5.74) is 0.